The predicted molar refractivity (Wildman–Crippen MR) is 82.5 cm³/mol. The Hall–Kier alpha value is -1.18. The van der Waals surface area contributed by atoms with Crippen molar-refractivity contribution in [2.75, 3.05) is 0 Å². The van der Waals surface area contributed by atoms with Gasteiger partial charge in [-0.2, -0.15) is 0 Å². The molecule has 0 heterocycles. The Morgan fingerprint density at radius 3 is 2.11 bits per heavy atom. The van der Waals surface area contributed by atoms with E-state index in [4.69, 9.17) is 23.2 Å². The van der Waals surface area contributed by atoms with Crippen LogP contribution in [0.15, 0.2) is 18.2 Å². The van der Waals surface area contributed by atoms with Crippen LogP contribution in [0.2, 0.25) is 10.0 Å². The highest BCUT2D eigenvalue weighted by atomic mass is 35.5. The zero-order valence-corrected chi connectivity index (χ0v) is 12.9. The molecule has 1 nitrogen and oxygen atoms in total. The van der Waals surface area contributed by atoms with E-state index in [1.165, 1.54) is 0 Å². The van der Waals surface area contributed by atoms with Gasteiger partial charge in [0.2, 0.25) is 0 Å². The fraction of sp³-hybridized carbons (Fsp3) is 0.250. The molecule has 2 aromatic carbocycles. The summed E-state index contributed by atoms with van der Waals surface area (Å²) in [5.41, 5.74) is 5.44. The number of rotatable bonds is 1. The molecule has 0 aliphatic heterocycles. The molecule has 0 aliphatic carbocycles. The number of aromatic hydroxyl groups is 1. The molecule has 19 heavy (non-hydrogen) atoms. The van der Waals surface area contributed by atoms with Gasteiger partial charge in [-0.25, -0.2) is 0 Å². The average molecular weight is 295 g/mol. The van der Waals surface area contributed by atoms with Gasteiger partial charge < -0.3 is 5.11 Å². The van der Waals surface area contributed by atoms with Crippen molar-refractivity contribution in [3.05, 3.63) is 50.5 Å². The van der Waals surface area contributed by atoms with E-state index in [-0.39, 0.29) is 5.75 Å². The van der Waals surface area contributed by atoms with Crippen molar-refractivity contribution >= 4 is 23.2 Å². The molecular formula is C16H16Cl2O. The average Bonchev–Trinajstić information content (AvgIpc) is 2.38. The number of hydrogen-bond donors (Lipinski definition) is 1. The maximum absolute atomic E-state index is 10.4. The topological polar surface area (TPSA) is 20.2 Å². The van der Waals surface area contributed by atoms with Crippen molar-refractivity contribution in [1.29, 1.82) is 0 Å². The summed E-state index contributed by atoms with van der Waals surface area (Å²) < 4.78 is 0. The van der Waals surface area contributed by atoms with Crippen molar-refractivity contribution in [1.82, 2.24) is 0 Å². The molecule has 3 heteroatoms. The van der Waals surface area contributed by atoms with Gasteiger partial charge in [0, 0.05) is 11.1 Å². The van der Waals surface area contributed by atoms with Crippen LogP contribution in [0.5, 0.6) is 5.75 Å². The third-order valence-corrected chi connectivity index (χ3v) is 4.52. The van der Waals surface area contributed by atoms with E-state index in [0.29, 0.717) is 15.6 Å². The molecule has 0 aromatic heterocycles. The van der Waals surface area contributed by atoms with Crippen molar-refractivity contribution in [3.8, 4) is 16.9 Å². The smallest absolute Gasteiger partial charge is 0.128 e. The highest BCUT2D eigenvalue weighted by Crippen LogP contribution is 2.44. The second-order valence-electron chi connectivity index (χ2n) is 4.92. The predicted octanol–water partition coefficient (Wildman–Crippen LogP) is 5.60. The third-order valence-electron chi connectivity index (χ3n) is 3.48. The Labute approximate surface area is 123 Å². The van der Waals surface area contributed by atoms with Gasteiger partial charge in [-0.1, -0.05) is 47.0 Å². The SMILES string of the molecule is Cc1ccc(C)c(-c2c(C)c(Cl)c(Cl)c(C)c2O)c1. The first-order valence-corrected chi connectivity index (χ1v) is 6.85. The number of halogens is 2. The van der Waals surface area contributed by atoms with E-state index in [1.807, 2.05) is 26.8 Å². The van der Waals surface area contributed by atoms with Crippen molar-refractivity contribution in [2.24, 2.45) is 0 Å². The van der Waals surface area contributed by atoms with E-state index < -0.39 is 0 Å². The van der Waals surface area contributed by atoms with Crippen molar-refractivity contribution in [2.45, 2.75) is 27.7 Å². The first-order valence-electron chi connectivity index (χ1n) is 6.09. The standard InChI is InChI=1S/C16H16Cl2O/c1-8-5-6-9(2)12(7-8)13-10(3)14(17)15(18)11(4)16(13)19/h5-7,19H,1-4H3. The van der Waals surface area contributed by atoms with E-state index in [9.17, 15) is 5.11 Å². The Balaban J connectivity index is 2.87. The Morgan fingerprint density at radius 1 is 0.895 bits per heavy atom. The maximum Gasteiger partial charge on any atom is 0.128 e. The lowest BCUT2D eigenvalue weighted by molar-refractivity contribution is 0.473. The molecule has 0 unspecified atom stereocenters. The molecule has 100 valence electrons. The van der Waals surface area contributed by atoms with Gasteiger partial charge >= 0.3 is 0 Å². The molecule has 2 aromatic rings. The lowest BCUT2D eigenvalue weighted by Crippen LogP contribution is -1.93. The molecule has 1 N–H and O–H groups in total. The largest absolute Gasteiger partial charge is 0.507 e. The van der Waals surface area contributed by atoms with E-state index >= 15 is 0 Å². The number of phenols is 1. The van der Waals surface area contributed by atoms with Crippen LogP contribution in [-0.2, 0) is 0 Å². The first kappa shape index (κ1) is 14.2. The maximum atomic E-state index is 10.4. The molecule has 0 saturated carbocycles. The minimum Gasteiger partial charge on any atom is -0.507 e. The summed E-state index contributed by atoms with van der Waals surface area (Å²) in [7, 11) is 0. The third kappa shape index (κ3) is 2.33. The van der Waals surface area contributed by atoms with Crippen molar-refractivity contribution in [3.63, 3.8) is 0 Å². The normalized spacial score (nSPS) is 10.8. The lowest BCUT2D eigenvalue weighted by Gasteiger charge is -2.17. The van der Waals surface area contributed by atoms with Crippen LogP contribution in [0.1, 0.15) is 22.3 Å². The monoisotopic (exact) mass is 294 g/mol. The van der Waals surface area contributed by atoms with Crippen LogP contribution in [0.4, 0.5) is 0 Å². The molecule has 0 spiro atoms. The molecule has 0 aliphatic rings. The second kappa shape index (κ2) is 5.07. The molecule has 0 atom stereocenters. The summed E-state index contributed by atoms with van der Waals surface area (Å²) in [6.45, 7) is 7.70. The fourth-order valence-corrected chi connectivity index (χ4v) is 2.71. The van der Waals surface area contributed by atoms with Crippen LogP contribution in [0.3, 0.4) is 0 Å². The Kier molecular flexibility index (Phi) is 3.80. The summed E-state index contributed by atoms with van der Waals surface area (Å²) in [6, 6.07) is 6.15. The van der Waals surface area contributed by atoms with Gasteiger partial charge in [0.05, 0.1) is 10.0 Å². The molecular weight excluding hydrogens is 279 g/mol. The summed E-state index contributed by atoms with van der Waals surface area (Å²) in [5.74, 6) is 0.209. The van der Waals surface area contributed by atoms with Gasteiger partial charge in [0.15, 0.2) is 0 Å². The summed E-state index contributed by atoms with van der Waals surface area (Å²) >= 11 is 12.4. The minimum atomic E-state index is 0.209. The Morgan fingerprint density at radius 2 is 1.47 bits per heavy atom. The van der Waals surface area contributed by atoms with Gasteiger partial charge in [-0.15, -0.1) is 0 Å². The first-order chi connectivity index (χ1) is 8.84. The van der Waals surface area contributed by atoms with E-state index in [2.05, 4.69) is 12.1 Å². The number of aryl methyl sites for hydroxylation is 2. The molecule has 0 amide bonds. The van der Waals surface area contributed by atoms with E-state index in [0.717, 1.165) is 27.8 Å². The molecule has 0 radical (unpaired) electrons. The number of benzene rings is 2. The van der Waals surface area contributed by atoms with Crippen LogP contribution in [0.25, 0.3) is 11.1 Å². The minimum absolute atomic E-state index is 0.209. The zero-order chi connectivity index (χ0) is 14.3. The number of phenolic OH excluding ortho intramolecular Hbond substituents is 1. The molecule has 0 saturated heterocycles. The highest BCUT2D eigenvalue weighted by molar-refractivity contribution is 6.43. The van der Waals surface area contributed by atoms with Gasteiger partial charge in [-0.05, 0) is 44.4 Å². The number of hydrogen-bond acceptors (Lipinski definition) is 1. The molecule has 0 fully saturated rings. The van der Waals surface area contributed by atoms with Gasteiger partial charge in [0.25, 0.3) is 0 Å². The van der Waals surface area contributed by atoms with Crippen molar-refractivity contribution < 1.29 is 5.11 Å². The van der Waals surface area contributed by atoms with Gasteiger partial charge in [-0.3, -0.25) is 0 Å². The zero-order valence-electron chi connectivity index (χ0n) is 11.4. The quantitative estimate of drug-likeness (QED) is 0.726. The van der Waals surface area contributed by atoms with Crippen LogP contribution < -0.4 is 0 Å². The van der Waals surface area contributed by atoms with Crippen LogP contribution >= 0.6 is 23.2 Å². The molecule has 0 bridgehead atoms. The van der Waals surface area contributed by atoms with Crippen LogP contribution in [-0.4, -0.2) is 5.11 Å². The summed E-state index contributed by atoms with van der Waals surface area (Å²) in [6.07, 6.45) is 0. The summed E-state index contributed by atoms with van der Waals surface area (Å²) in [4.78, 5) is 0. The highest BCUT2D eigenvalue weighted by Gasteiger charge is 2.19. The lowest BCUT2D eigenvalue weighted by atomic mass is 9.92. The Bertz CT molecular complexity index is 631. The molecule has 2 rings (SSSR count). The van der Waals surface area contributed by atoms with Gasteiger partial charge in [0.1, 0.15) is 5.75 Å². The summed E-state index contributed by atoms with van der Waals surface area (Å²) in [5, 5.41) is 11.3. The second-order valence-corrected chi connectivity index (χ2v) is 5.68. The van der Waals surface area contributed by atoms with Crippen LogP contribution in [0, 0.1) is 27.7 Å². The fourth-order valence-electron chi connectivity index (χ4n) is 2.24. The van der Waals surface area contributed by atoms with E-state index in [1.54, 1.807) is 6.92 Å².